The first-order valence-corrected chi connectivity index (χ1v) is 8.38. The molecule has 1 fully saturated rings. The molecular weight excluding hydrogens is 274 g/mol. The normalized spacial score (nSPS) is 16.9. The Kier molecular flexibility index (Phi) is 6.40. The number of amides is 1. The average molecular weight is 303 g/mol. The highest BCUT2D eigenvalue weighted by atomic mass is 16.1. The van der Waals surface area contributed by atoms with Crippen molar-refractivity contribution in [3.63, 3.8) is 0 Å². The molecule has 1 aromatic carbocycles. The summed E-state index contributed by atoms with van der Waals surface area (Å²) in [5.74, 6) is 0.152. The van der Waals surface area contributed by atoms with Gasteiger partial charge in [-0.1, -0.05) is 45.0 Å². The maximum atomic E-state index is 11.6. The quantitative estimate of drug-likeness (QED) is 0.874. The van der Waals surface area contributed by atoms with Crippen LogP contribution in [-0.4, -0.2) is 48.4 Å². The van der Waals surface area contributed by atoms with Gasteiger partial charge >= 0.3 is 0 Å². The Balaban J connectivity index is 1.78. The third-order valence-electron chi connectivity index (χ3n) is 4.33. The van der Waals surface area contributed by atoms with Gasteiger partial charge in [0, 0.05) is 45.2 Å². The molecule has 1 aliphatic heterocycles. The molecule has 1 saturated heterocycles. The van der Waals surface area contributed by atoms with Crippen LogP contribution in [0.1, 0.15) is 31.9 Å². The minimum atomic E-state index is 0.0426. The molecule has 0 aliphatic carbocycles. The van der Waals surface area contributed by atoms with Gasteiger partial charge in [-0.2, -0.15) is 0 Å². The Morgan fingerprint density at radius 1 is 1.05 bits per heavy atom. The van der Waals surface area contributed by atoms with E-state index in [1.807, 2.05) is 13.8 Å². The Morgan fingerprint density at radius 3 is 2.14 bits per heavy atom. The summed E-state index contributed by atoms with van der Waals surface area (Å²) in [5.41, 5.74) is 2.51. The lowest BCUT2D eigenvalue weighted by Gasteiger charge is -2.34. The first-order chi connectivity index (χ1) is 10.6. The number of nitrogens with one attached hydrogen (secondary N) is 1. The predicted molar refractivity (Wildman–Crippen MR) is 90.5 cm³/mol. The molecule has 1 heterocycles. The first kappa shape index (κ1) is 17.0. The van der Waals surface area contributed by atoms with Crippen molar-refractivity contribution >= 4 is 5.91 Å². The standard InChI is InChI=1S/C18H29N3O/c1-4-20-9-11-21(12-10-20)14-17-7-5-16(6-8-17)13-19-18(22)15(2)3/h5-8,15H,4,9-14H2,1-3H3,(H,19,22). The van der Waals surface area contributed by atoms with Crippen LogP contribution in [0.3, 0.4) is 0 Å². The lowest BCUT2D eigenvalue weighted by Crippen LogP contribution is -2.45. The Labute approximate surface area is 134 Å². The molecule has 1 aliphatic rings. The third kappa shape index (κ3) is 5.11. The van der Waals surface area contributed by atoms with Gasteiger partial charge in [-0.05, 0) is 17.7 Å². The van der Waals surface area contributed by atoms with Crippen molar-refractivity contribution < 1.29 is 4.79 Å². The van der Waals surface area contributed by atoms with Crippen LogP contribution in [0.15, 0.2) is 24.3 Å². The van der Waals surface area contributed by atoms with Gasteiger partial charge in [0.05, 0.1) is 0 Å². The van der Waals surface area contributed by atoms with Gasteiger partial charge in [-0.15, -0.1) is 0 Å². The maximum Gasteiger partial charge on any atom is 0.222 e. The van der Waals surface area contributed by atoms with Crippen LogP contribution in [0.25, 0.3) is 0 Å². The second-order valence-corrected chi connectivity index (χ2v) is 6.40. The monoisotopic (exact) mass is 303 g/mol. The fourth-order valence-electron chi connectivity index (χ4n) is 2.68. The van der Waals surface area contributed by atoms with E-state index in [1.54, 1.807) is 0 Å². The Morgan fingerprint density at radius 2 is 1.59 bits per heavy atom. The van der Waals surface area contributed by atoms with E-state index in [4.69, 9.17) is 0 Å². The number of nitrogens with zero attached hydrogens (tertiary/aromatic N) is 2. The van der Waals surface area contributed by atoms with E-state index >= 15 is 0 Å². The summed E-state index contributed by atoms with van der Waals surface area (Å²) >= 11 is 0. The van der Waals surface area contributed by atoms with Crippen molar-refractivity contribution in [2.75, 3.05) is 32.7 Å². The zero-order valence-electron chi connectivity index (χ0n) is 14.1. The van der Waals surface area contributed by atoms with Gasteiger partial charge < -0.3 is 10.2 Å². The number of carbonyl (C=O) groups excluding carboxylic acids is 1. The molecule has 22 heavy (non-hydrogen) atoms. The smallest absolute Gasteiger partial charge is 0.222 e. The largest absolute Gasteiger partial charge is 0.352 e. The van der Waals surface area contributed by atoms with E-state index in [2.05, 4.69) is 46.3 Å². The van der Waals surface area contributed by atoms with E-state index in [-0.39, 0.29) is 11.8 Å². The fourth-order valence-corrected chi connectivity index (χ4v) is 2.68. The Bertz CT molecular complexity index is 462. The van der Waals surface area contributed by atoms with Crippen molar-refractivity contribution in [3.05, 3.63) is 35.4 Å². The molecule has 4 heteroatoms. The molecule has 1 amide bonds. The number of piperazine rings is 1. The minimum absolute atomic E-state index is 0.0426. The molecule has 0 bridgehead atoms. The van der Waals surface area contributed by atoms with Crippen molar-refractivity contribution in [1.82, 2.24) is 15.1 Å². The van der Waals surface area contributed by atoms with Crippen molar-refractivity contribution in [1.29, 1.82) is 0 Å². The topological polar surface area (TPSA) is 35.6 Å². The van der Waals surface area contributed by atoms with Gasteiger partial charge in [0.1, 0.15) is 0 Å². The molecule has 0 aromatic heterocycles. The number of likely N-dealkylation sites (N-methyl/N-ethyl adjacent to an activating group) is 1. The molecule has 1 aromatic rings. The van der Waals surface area contributed by atoms with Crippen LogP contribution in [-0.2, 0) is 17.9 Å². The number of benzene rings is 1. The van der Waals surface area contributed by atoms with Crippen molar-refractivity contribution in [2.45, 2.75) is 33.9 Å². The van der Waals surface area contributed by atoms with Crippen LogP contribution >= 0.6 is 0 Å². The van der Waals surface area contributed by atoms with Crippen LogP contribution in [0.5, 0.6) is 0 Å². The molecule has 0 saturated carbocycles. The van der Waals surface area contributed by atoms with Crippen LogP contribution in [0.2, 0.25) is 0 Å². The summed E-state index contributed by atoms with van der Waals surface area (Å²) in [6.07, 6.45) is 0. The zero-order valence-corrected chi connectivity index (χ0v) is 14.1. The molecule has 1 N–H and O–H groups in total. The molecule has 4 nitrogen and oxygen atoms in total. The lowest BCUT2D eigenvalue weighted by molar-refractivity contribution is -0.124. The van der Waals surface area contributed by atoms with Gasteiger partial charge in [-0.3, -0.25) is 9.69 Å². The molecule has 2 rings (SSSR count). The highest BCUT2D eigenvalue weighted by Gasteiger charge is 2.15. The van der Waals surface area contributed by atoms with Gasteiger partial charge in [0.15, 0.2) is 0 Å². The minimum Gasteiger partial charge on any atom is -0.352 e. The van der Waals surface area contributed by atoms with E-state index in [1.165, 1.54) is 18.7 Å². The third-order valence-corrected chi connectivity index (χ3v) is 4.33. The van der Waals surface area contributed by atoms with E-state index < -0.39 is 0 Å². The fraction of sp³-hybridized carbons (Fsp3) is 0.611. The number of rotatable bonds is 6. The highest BCUT2D eigenvalue weighted by molar-refractivity contribution is 5.77. The maximum absolute atomic E-state index is 11.6. The van der Waals surface area contributed by atoms with Crippen LogP contribution < -0.4 is 5.32 Å². The predicted octanol–water partition coefficient (Wildman–Crippen LogP) is 2.10. The highest BCUT2D eigenvalue weighted by Crippen LogP contribution is 2.10. The van der Waals surface area contributed by atoms with E-state index in [0.717, 1.165) is 31.7 Å². The lowest BCUT2D eigenvalue weighted by atomic mass is 10.1. The molecule has 0 radical (unpaired) electrons. The van der Waals surface area contributed by atoms with Gasteiger partial charge in [0.2, 0.25) is 5.91 Å². The Hall–Kier alpha value is -1.39. The number of hydrogen-bond acceptors (Lipinski definition) is 3. The van der Waals surface area contributed by atoms with Crippen LogP contribution in [0, 0.1) is 5.92 Å². The zero-order chi connectivity index (χ0) is 15.9. The summed E-state index contributed by atoms with van der Waals surface area (Å²) in [6, 6.07) is 8.61. The number of carbonyl (C=O) groups is 1. The summed E-state index contributed by atoms with van der Waals surface area (Å²) in [7, 11) is 0. The second kappa shape index (κ2) is 8.30. The number of hydrogen-bond donors (Lipinski definition) is 1. The molecule has 0 unspecified atom stereocenters. The summed E-state index contributed by atoms with van der Waals surface area (Å²) in [6.45, 7) is 13.5. The summed E-state index contributed by atoms with van der Waals surface area (Å²) in [5, 5.41) is 2.96. The molecule has 0 spiro atoms. The van der Waals surface area contributed by atoms with E-state index in [0.29, 0.717) is 6.54 Å². The van der Waals surface area contributed by atoms with Gasteiger partial charge in [0.25, 0.3) is 0 Å². The van der Waals surface area contributed by atoms with Crippen molar-refractivity contribution in [2.24, 2.45) is 5.92 Å². The average Bonchev–Trinajstić information content (AvgIpc) is 2.54. The van der Waals surface area contributed by atoms with E-state index in [9.17, 15) is 4.79 Å². The van der Waals surface area contributed by atoms with Crippen LogP contribution in [0.4, 0.5) is 0 Å². The first-order valence-electron chi connectivity index (χ1n) is 8.38. The SMILES string of the molecule is CCN1CCN(Cc2ccc(CNC(=O)C(C)C)cc2)CC1. The molecular formula is C18H29N3O. The second-order valence-electron chi connectivity index (χ2n) is 6.40. The summed E-state index contributed by atoms with van der Waals surface area (Å²) in [4.78, 5) is 16.6. The summed E-state index contributed by atoms with van der Waals surface area (Å²) < 4.78 is 0. The molecule has 122 valence electrons. The van der Waals surface area contributed by atoms with Gasteiger partial charge in [-0.25, -0.2) is 0 Å². The van der Waals surface area contributed by atoms with Crippen molar-refractivity contribution in [3.8, 4) is 0 Å². The molecule has 0 atom stereocenters.